The van der Waals surface area contributed by atoms with E-state index in [2.05, 4.69) is 27.9 Å². The smallest absolute Gasteiger partial charge is 0.251 e. The van der Waals surface area contributed by atoms with E-state index >= 15 is 0 Å². The zero-order chi connectivity index (χ0) is 16.2. The Hall–Kier alpha value is -2.24. The molecule has 6 heteroatoms. The zero-order valence-corrected chi connectivity index (χ0v) is 13.4. The van der Waals surface area contributed by atoms with Gasteiger partial charge in [0, 0.05) is 31.7 Å². The molecule has 0 fully saturated rings. The number of nitrogens with zero attached hydrogens (tertiary/aromatic N) is 1. The number of unbranched alkanes of at least 4 members (excludes halogenated alkanes) is 1. The third kappa shape index (κ3) is 6.97. The van der Waals surface area contributed by atoms with Crippen LogP contribution in [0.25, 0.3) is 0 Å². The van der Waals surface area contributed by atoms with E-state index in [-0.39, 0.29) is 11.7 Å². The molecule has 0 bridgehead atoms. The number of hydrogen-bond donors (Lipinski definition) is 4. The van der Waals surface area contributed by atoms with Crippen molar-refractivity contribution >= 4 is 11.9 Å². The molecule has 1 rings (SSSR count). The number of benzene rings is 1. The van der Waals surface area contributed by atoms with Gasteiger partial charge in [-0.25, -0.2) is 0 Å². The molecule has 0 aliphatic heterocycles. The first kappa shape index (κ1) is 17.8. The Morgan fingerprint density at radius 3 is 2.41 bits per heavy atom. The molecule has 0 saturated heterocycles. The lowest BCUT2D eigenvalue weighted by Crippen LogP contribution is -2.41. The van der Waals surface area contributed by atoms with Crippen LogP contribution in [-0.4, -0.2) is 43.2 Å². The molecule has 0 radical (unpaired) electrons. The summed E-state index contributed by atoms with van der Waals surface area (Å²) in [5, 5.41) is 18.4. The third-order valence-corrected chi connectivity index (χ3v) is 2.96. The predicted molar refractivity (Wildman–Crippen MR) is 89.3 cm³/mol. The van der Waals surface area contributed by atoms with Gasteiger partial charge in [-0.2, -0.15) is 0 Å². The van der Waals surface area contributed by atoms with Crippen LogP contribution in [0.2, 0.25) is 0 Å². The van der Waals surface area contributed by atoms with Gasteiger partial charge in [0.1, 0.15) is 5.75 Å². The number of hydrogen-bond acceptors (Lipinski definition) is 3. The molecule has 1 aromatic rings. The van der Waals surface area contributed by atoms with Crippen molar-refractivity contribution in [2.24, 2.45) is 4.99 Å². The Labute approximate surface area is 132 Å². The van der Waals surface area contributed by atoms with Gasteiger partial charge in [-0.15, -0.1) is 0 Å². The van der Waals surface area contributed by atoms with E-state index in [9.17, 15) is 9.90 Å². The second-order valence-corrected chi connectivity index (χ2v) is 4.84. The Balaban J connectivity index is 2.31. The number of phenols is 1. The summed E-state index contributed by atoms with van der Waals surface area (Å²) in [5.74, 6) is 0.765. The van der Waals surface area contributed by atoms with Gasteiger partial charge in [0.25, 0.3) is 5.91 Å². The molecule has 1 aromatic carbocycles. The first-order valence-corrected chi connectivity index (χ1v) is 7.76. The van der Waals surface area contributed by atoms with Gasteiger partial charge in [-0.3, -0.25) is 9.79 Å². The van der Waals surface area contributed by atoms with Crippen LogP contribution in [0.5, 0.6) is 5.75 Å². The Morgan fingerprint density at radius 2 is 1.77 bits per heavy atom. The van der Waals surface area contributed by atoms with Crippen LogP contribution in [-0.2, 0) is 0 Å². The number of aliphatic imine (C=N–C) groups is 1. The highest BCUT2D eigenvalue weighted by molar-refractivity contribution is 5.94. The van der Waals surface area contributed by atoms with Gasteiger partial charge in [-0.05, 0) is 37.6 Å². The largest absolute Gasteiger partial charge is 0.508 e. The molecule has 0 aliphatic rings. The minimum atomic E-state index is -0.158. The molecule has 4 N–H and O–H groups in total. The van der Waals surface area contributed by atoms with E-state index in [0.29, 0.717) is 18.7 Å². The SMILES string of the molecule is CCCCN=C(NCC)NCCNC(=O)c1ccc(O)cc1. The quantitative estimate of drug-likeness (QED) is 0.333. The summed E-state index contributed by atoms with van der Waals surface area (Å²) in [6, 6.07) is 6.18. The highest BCUT2D eigenvalue weighted by Crippen LogP contribution is 2.09. The van der Waals surface area contributed by atoms with Crippen molar-refractivity contribution in [3.63, 3.8) is 0 Å². The fraction of sp³-hybridized carbons (Fsp3) is 0.500. The van der Waals surface area contributed by atoms with E-state index in [1.807, 2.05) is 6.92 Å². The van der Waals surface area contributed by atoms with Gasteiger partial charge in [-0.1, -0.05) is 13.3 Å². The molecule has 0 spiro atoms. The van der Waals surface area contributed by atoms with Crippen LogP contribution in [0, 0.1) is 0 Å². The normalized spacial score (nSPS) is 11.1. The number of aromatic hydroxyl groups is 1. The van der Waals surface area contributed by atoms with Crippen LogP contribution in [0.3, 0.4) is 0 Å². The first-order chi connectivity index (χ1) is 10.7. The second kappa shape index (κ2) is 10.5. The van der Waals surface area contributed by atoms with Crippen molar-refractivity contribution < 1.29 is 9.90 Å². The van der Waals surface area contributed by atoms with Gasteiger partial charge in [0.2, 0.25) is 0 Å². The number of rotatable bonds is 8. The van der Waals surface area contributed by atoms with Crippen molar-refractivity contribution in [3.8, 4) is 5.75 Å². The second-order valence-electron chi connectivity index (χ2n) is 4.84. The van der Waals surface area contributed by atoms with Crippen molar-refractivity contribution in [3.05, 3.63) is 29.8 Å². The molecule has 0 atom stereocenters. The van der Waals surface area contributed by atoms with Gasteiger partial charge < -0.3 is 21.1 Å². The third-order valence-electron chi connectivity index (χ3n) is 2.96. The van der Waals surface area contributed by atoms with Crippen molar-refractivity contribution in [2.45, 2.75) is 26.7 Å². The highest BCUT2D eigenvalue weighted by atomic mass is 16.3. The number of guanidine groups is 1. The first-order valence-electron chi connectivity index (χ1n) is 7.76. The van der Waals surface area contributed by atoms with E-state index in [1.165, 1.54) is 12.1 Å². The summed E-state index contributed by atoms with van der Waals surface area (Å²) in [6.07, 6.45) is 2.18. The molecule has 0 aliphatic carbocycles. The lowest BCUT2D eigenvalue weighted by Gasteiger charge is -2.11. The summed E-state index contributed by atoms with van der Waals surface area (Å²) in [7, 11) is 0. The minimum absolute atomic E-state index is 0.150. The van der Waals surface area contributed by atoms with Crippen molar-refractivity contribution in [1.82, 2.24) is 16.0 Å². The highest BCUT2D eigenvalue weighted by Gasteiger charge is 2.04. The van der Waals surface area contributed by atoms with Crippen LogP contribution < -0.4 is 16.0 Å². The van der Waals surface area contributed by atoms with Gasteiger partial charge >= 0.3 is 0 Å². The molecular weight excluding hydrogens is 280 g/mol. The van der Waals surface area contributed by atoms with Crippen LogP contribution in [0.15, 0.2) is 29.3 Å². The molecule has 122 valence electrons. The lowest BCUT2D eigenvalue weighted by atomic mass is 10.2. The Kier molecular flexibility index (Phi) is 8.49. The molecule has 0 saturated carbocycles. The van der Waals surface area contributed by atoms with E-state index in [1.54, 1.807) is 12.1 Å². The van der Waals surface area contributed by atoms with Crippen molar-refractivity contribution in [2.75, 3.05) is 26.2 Å². The predicted octanol–water partition coefficient (Wildman–Crippen LogP) is 1.48. The molecule has 1 amide bonds. The van der Waals surface area contributed by atoms with Gasteiger partial charge in [0.05, 0.1) is 0 Å². The fourth-order valence-electron chi connectivity index (χ4n) is 1.76. The van der Waals surface area contributed by atoms with Crippen LogP contribution in [0.1, 0.15) is 37.0 Å². The number of carbonyl (C=O) groups excluding carboxylic acids is 1. The van der Waals surface area contributed by atoms with E-state index in [4.69, 9.17) is 0 Å². The summed E-state index contributed by atoms with van der Waals surface area (Å²) in [5.41, 5.74) is 0.529. The molecular formula is C16H26N4O2. The maximum absolute atomic E-state index is 11.9. The maximum Gasteiger partial charge on any atom is 0.251 e. The van der Waals surface area contributed by atoms with Gasteiger partial charge in [0.15, 0.2) is 5.96 Å². The Morgan fingerprint density at radius 1 is 1.09 bits per heavy atom. The molecule has 0 heterocycles. The molecule has 6 nitrogen and oxygen atoms in total. The minimum Gasteiger partial charge on any atom is -0.508 e. The number of nitrogens with one attached hydrogen (secondary N) is 3. The number of amides is 1. The van der Waals surface area contributed by atoms with E-state index < -0.39 is 0 Å². The summed E-state index contributed by atoms with van der Waals surface area (Å²) >= 11 is 0. The maximum atomic E-state index is 11.9. The summed E-state index contributed by atoms with van der Waals surface area (Å²) < 4.78 is 0. The van der Waals surface area contributed by atoms with Crippen LogP contribution in [0.4, 0.5) is 0 Å². The standard InChI is InChI=1S/C16H26N4O2/c1-3-5-10-19-16(17-4-2)20-12-11-18-15(22)13-6-8-14(21)9-7-13/h6-9,21H,3-5,10-12H2,1-2H3,(H,18,22)(H2,17,19,20). The molecule has 22 heavy (non-hydrogen) atoms. The van der Waals surface area contributed by atoms with E-state index in [0.717, 1.165) is 31.9 Å². The average molecular weight is 306 g/mol. The average Bonchev–Trinajstić information content (AvgIpc) is 2.52. The summed E-state index contributed by atoms with van der Waals surface area (Å²) in [6.45, 7) is 6.85. The Bertz CT molecular complexity index is 472. The molecule has 0 unspecified atom stereocenters. The lowest BCUT2D eigenvalue weighted by molar-refractivity contribution is 0.0954. The number of carbonyl (C=O) groups is 1. The zero-order valence-electron chi connectivity index (χ0n) is 13.4. The van der Waals surface area contributed by atoms with Crippen LogP contribution >= 0.6 is 0 Å². The molecule has 0 aromatic heterocycles. The topological polar surface area (TPSA) is 85.8 Å². The van der Waals surface area contributed by atoms with Crippen molar-refractivity contribution in [1.29, 1.82) is 0 Å². The monoisotopic (exact) mass is 306 g/mol. The number of phenolic OH excluding ortho intramolecular Hbond substituents is 1. The fourth-order valence-corrected chi connectivity index (χ4v) is 1.76. The summed E-state index contributed by atoms with van der Waals surface area (Å²) in [4.78, 5) is 16.3.